The van der Waals surface area contributed by atoms with Crippen molar-refractivity contribution < 1.29 is 0 Å². The van der Waals surface area contributed by atoms with E-state index in [2.05, 4.69) is 4.98 Å². The highest BCUT2D eigenvalue weighted by molar-refractivity contribution is 6.36. The van der Waals surface area contributed by atoms with Gasteiger partial charge >= 0.3 is 0 Å². The predicted molar refractivity (Wildman–Crippen MR) is 114 cm³/mol. The van der Waals surface area contributed by atoms with Crippen molar-refractivity contribution in [2.75, 3.05) is 0 Å². The number of hydrogen-bond donors (Lipinski definition) is 1. The summed E-state index contributed by atoms with van der Waals surface area (Å²) in [6.45, 7) is 0. The molecule has 0 aliphatic rings. The van der Waals surface area contributed by atoms with Gasteiger partial charge in [-0.3, -0.25) is 0 Å². The first-order valence-corrected chi connectivity index (χ1v) is 9.51. The molecule has 0 radical (unpaired) electrons. The van der Waals surface area contributed by atoms with Crippen molar-refractivity contribution in [2.45, 2.75) is 0 Å². The van der Waals surface area contributed by atoms with E-state index in [9.17, 15) is 0 Å². The van der Waals surface area contributed by atoms with Crippen molar-refractivity contribution in [1.29, 1.82) is 0 Å². The van der Waals surface area contributed by atoms with E-state index in [1.54, 1.807) is 6.07 Å². The zero-order chi connectivity index (χ0) is 19.1. The van der Waals surface area contributed by atoms with Gasteiger partial charge in [0.25, 0.3) is 0 Å². The molecule has 28 heavy (non-hydrogen) atoms. The molecule has 0 fully saturated rings. The number of imidazole rings is 1. The van der Waals surface area contributed by atoms with Crippen molar-refractivity contribution in [3.05, 3.63) is 88.9 Å². The van der Waals surface area contributed by atoms with Crippen LogP contribution in [0.2, 0.25) is 10.0 Å². The minimum atomic E-state index is 0.557. The first kappa shape index (κ1) is 17.0. The molecule has 6 heteroatoms. The Morgan fingerprint density at radius 2 is 1.61 bits per heavy atom. The molecule has 5 rings (SSSR count). The van der Waals surface area contributed by atoms with E-state index in [0.29, 0.717) is 10.0 Å². The lowest BCUT2D eigenvalue weighted by Gasteiger charge is -2.05. The third-order valence-electron chi connectivity index (χ3n) is 4.55. The Balaban J connectivity index is 1.73. The molecule has 0 saturated heterocycles. The number of aromatic amines is 1. The fourth-order valence-corrected chi connectivity index (χ4v) is 3.72. The number of nitrogens with one attached hydrogen (secondary N) is 1. The summed E-state index contributed by atoms with van der Waals surface area (Å²) in [5.41, 5.74) is 5.24. The van der Waals surface area contributed by atoms with E-state index in [0.717, 1.165) is 39.5 Å². The molecule has 136 valence electrons. The number of H-pyrrole nitrogens is 1. The van der Waals surface area contributed by atoms with Gasteiger partial charge in [0.2, 0.25) is 0 Å². The molecule has 3 aromatic carbocycles. The van der Waals surface area contributed by atoms with Crippen LogP contribution in [0.25, 0.3) is 39.5 Å². The molecule has 0 atom stereocenters. The fraction of sp³-hybridized carbons (Fsp3) is 0. The summed E-state index contributed by atoms with van der Waals surface area (Å²) in [6, 6.07) is 25.3. The lowest BCUT2D eigenvalue weighted by molar-refractivity contribution is 0.885. The molecule has 2 heterocycles. The van der Waals surface area contributed by atoms with Gasteiger partial charge in [0.15, 0.2) is 5.82 Å². The Bertz CT molecular complexity index is 1260. The SMILES string of the molecule is Clc1ccc(-c2cc(-c3nc4ccccc4[nH]3)n(-c3ccccc3)n2)c(Cl)c1. The zero-order valence-corrected chi connectivity index (χ0v) is 16.1. The number of benzene rings is 3. The Morgan fingerprint density at radius 1 is 0.821 bits per heavy atom. The van der Waals surface area contributed by atoms with Crippen LogP contribution in [0.1, 0.15) is 0 Å². The fourth-order valence-electron chi connectivity index (χ4n) is 3.22. The van der Waals surface area contributed by atoms with E-state index in [1.165, 1.54) is 0 Å². The maximum Gasteiger partial charge on any atom is 0.157 e. The van der Waals surface area contributed by atoms with Crippen LogP contribution in [0.15, 0.2) is 78.9 Å². The van der Waals surface area contributed by atoms with Crippen molar-refractivity contribution in [3.8, 4) is 28.5 Å². The van der Waals surface area contributed by atoms with Crippen LogP contribution in [-0.2, 0) is 0 Å². The highest BCUT2D eigenvalue weighted by Gasteiger charge is 2.17. The molecule has 0 aliphatic carbocycles. The molecule has 0 bridgehead atoms. The van der Waals surface area contributed by atoms with Gasteiger partial charge in [-0.15, -0.1) is 0 Å². The zero-order valence-electron chi connectivity index (χ0n) is 14.6. The lowest BCUT2D eigenvalue weighted by atomic mass is 10.1. The van der Waals surface area contributed by atoms with Crippen molar-refractivity contribution in [2.24, 2.45) is 0 Å². The quantitative estimate of drug-likeness (QED) is 0.378. The Hall–Kier alpha value is -3.08. The Labute approximate surface area is 171 Å². The van der Waals surface area contributed by atoms with Crippen molar-refractivity contribution in [3.63, 3.8) is 0 Å². The lowest BCUT2D eigenvalue weighted by Crippen LogP contribution is -1.99. The van der Waals surface area contributed by atoms with Gasteiger partial charge in [0.05, 0.1) is 27.4 Å². The van der Waals surface area contributed by atoms with E-state index in [1.807, 2.05) is 77.5 Å². The van der Waals surface area contributed by atoms with Crippen LogP contribution in [0, 0.1) is 0 Å². The summed E-state index contributed by atoms with van der Waals surface area (Å²) >= 11 is 12.5. The van der Waals surface area contributed by atoms with E-state index >= 15 is 0 Å². The molecular formula is C22H14Cl2N4. The Morgan fingerprint density at radius 3 is 2.39 bits per heavy atom. The van der Waals surface area contributed by atoms with Gasteiger partial charge in [0, 0.05) is 10.6 Å². The second-order valence-corrected chi connectivity index (χ2v) is 7.23. The van der Waals surface area contributed by atoms with Gasteiger partial charge in [-0.2, -0.15) is 5.10 Å². The number of halogens is 2. The summed E-state index contributed by atoms with van der Waals surface area (Å²) in [4.78, 5) is 8.13. The number of nitrogens with zero attached hydrogens (tertiary/aromatic N) is 3. The first-order valence-electron chi connectivity index (χ1n) is 8.75. The van der Waals surface area contributed by atoms with Crippen LogP contribution >= 0.6 is 23.2 Å². The summed E-state index contributed by atoms with van der Waals surface area (Å²) in [7, 11) is 0. The highest BCUT2D eigenvalue weighted by atomic mass is 35.5. The van der Waals surface area contributed by atoms with E-state index < -0.39 is 0 Å². The average molecular weight is 405 g/mol. The third-order valence-corrected chi connectivity index (χ3v) is 5.10. The van der Waals surface area contributed by atoms with Gasteiger partial charge in [0.1, 0.15) is 5.69 Å². The smallest absolute Gasteiger partial charge is 0.157 e. The summed E-state index contributed by atoms with van der Waals surface area (Å²) in [5, 5.41) is 5.97. The van der Waals surface area contributed by atoms with Crippen LogP contribution in [0.4, 0.5) is 0 Å². The molecule has 0 saturated carbocycles. The average Bonchev–Trinajstić information content (AvgIpc) is 3.33. The minimum absolute atomic E-state index is 0.557. The summed E-state index contributed by atoms with van der Waals surface area (Å²) in [6.07, 6.45) is 0. The molecule has 1 N–H and O–H groups in total. The van der Waals surface area contributed by atoms with Crippen LogP contribution < -0.4 is 0 Å². The van der Waals surface area contributed by atoms with Crippen LogP contribution in [0.3, 0.4) is 0 Å². The highest BCUT2D eigenvalue weighted by Crippen LogP contribution is 2.33. The van der Waals surface area contributed by atoms with Gasteiger partial charge < -0.3 is 4.98 Å². The molecule has 5 aromatic rings. The standard InChI is InChI=1S/C22H14Cl2N4/c23-14-10-11-16(17(24)12-14)20-13-21(28(27-20)15-6-2-1-3-7-15)22-25-18-8-4-5-9-19(18)26-22/h1-13H,(H,25,26). The van der Waals surface area contributed by atoms with E-state index in [4.69, 9.17) is 33.3 Å². The maximum atomic E-state index is 6.42. The molecule has 0 unspecified atom stereocenters. The van der Waals surface area contributed by atoms with Crippen LogP contribution in [-0.4, -0.2) is 19.7 Å². The molecule has 0 spiro atoms. The second kappa shape index (κ2) is 6.82. The molecule has 2 aromatic heterocycles. The Kier molecular flexibility index (Phi) is 4.15. The maximum absolute atomic E-state index is 6.42. The number of fused-ring (bicyclic) bond motifs is 1. The molecule has 0 amide bonds. The number of rotatable bonds is 3. The third kappa shape index (κ3) is 2.97. The van der Waals surface area contributed by atoms with Gasteiger partial charge in [-0.05, 0) is 48.5 Å². The predicted octanol–water partition coefficient (Wildman–Crippen LogP) is 6.39. The van der Waals surface area contributed by atoms with Gasteiger partial charge in [-0.1, -0.05) is 53.5 Å². The first-order chi connectivity index (χ1) is 13.7. The monoisotopic (exact) mass is 404 g/mol. The molecule has 0 aliphatic heterocycles. The number of aromatic nitrogens is 4. The minimum Gasteiger partial charge on any atom is -0.337 e. The van der Waals surface area contributed by atoms with Gasteiger partial charge in [-0.25, -0.2) is 9.67 Å². The summed E-state index contributed by atoms with van der Waals surface area (Å²) in [5.74, 6) is 0.744. The summed E-state index contributed by atoms with van der Waals surface area (Å²) < 4.78 is 1.87. The molecular weight excluding hydrogens is 391 g/mol. The molecule has 4 nitrogen and oxygen atoms in total. The van der Waals surface area contributed by atoms with E-state index in [-0.39, 0.29) is 0 Å². The van der Waals surface area contributed by atoms with Crippen molar-refractivity contribution in [1.82, 2.24) is 19.7 Å². The normalized spacial score (nSPS) is 11.2. The number of hydrogen-bond acceptors (Lipinski definition) is 2. The van der Waals surface area contributed by atoms with Crippen LogP contribution in [0.5, 0.6) is 0 Å². The topological polar surface area (TPSA) is 46.5 Å². The largest absolute Gasteiger partial charge is 0.337 e. The number of para-hydroxylation sites is 3. The second-order valence-electron chi connectivity index (χ2n) is 6.39. The van der Waals surface area contributed by atoms with Crippen molar-refractivity contribution >= 4 is 34.2 Å².